The summed E-state index contributed by atoms with van der Waals surface area (Å²) in [5, 5.41) is 12.1. The summed E-state index contributed by atoms with van der Waals surface area (Å²) in [5.41, 5.74) is 1.66. The van der Waals surface area contributed by atoms with Crippen LogP contribution in [0.5, 0.6) is 0 Å². The number of furan rings is 1. The van der Waals surface area contributed by atoms with E-state index in [4.69, 9.17) is 4.42 Å². The Kier molecular flexibility index (Phi) is 5.21. The maximum atomic E-state index is 12.4. The summed E-state index contributed by atoms with van der Waals surface area (Å²) >= 11 is 0. The minimum atomic E-state index is -0.968. The molecule has 1 aromatic heterocycles. The lowest BCUT2D eigenvalue weighted by molar-refractivity contribution is -0.142. The lowest BCUT2D eigenvalue weighted by Gasteiger charge is -2.22. The first-order valence-electron chi connectivity index (χ1n) is 7.62. The van der Waals surface area contributed by atoms with Crippen LogP contribution in [0.25, 0.3) is 0 Å². The molecule has 0 saturated carbocycles. The highest BCUT2D eigenvalue weighted by molar-refractivity contribution is 5.92. The summed E-state index contributed by atoms with van der Waals surface area (Å²) in [6.07, 6.45) is 0.701. The Morgan fingerprint density at radius 1 is 1.26 bits per heavy atom. The number of carbonyl (C=O) groups is 2. The van der Waals surface area contributed by atoms with Crippen LogP contribution in [-0.2, 0) is 11.2 Å². The molecule has 122 valence electrons. The quantitative estimate of drug-likeness (QED) is 0.857. The number of benzene rings is 1. The molecule has 0 radical (unpaired) electrons. The van der Waals surface area contributed by atoms with Crippen molar-refractivity contribution in [1.82, 2.24) is 5.32 Å². The fourth-order valence-corrected chi connectivity index (χ4v) is 2.50. The van der Waals surface area contributed by atoms with Crippen molar-refractivity contribution >= 4 is 11.9 Å². The summed E-state index contributed by atoms with van der Waals surface area (Å²) in [4.78, 5) is 23.8. The van der Waals surface area contributed by atoms with E-state index in [1.807, 2.05) is 32.0 Å². The van der Waals surface area contributed by atoms with Gasteiger partial charge in [0.2, 0.25) is 0 Å². The van der Waals surface area contributed by atoms with Crippen LogP contribution >= 0.6 is 0 Å². The number of aryl methyl sites for hydroxylation is 2. The molecule has 0 saturated heterocycles. The molecule has 5 nitrogen and oxygen atoms in total. The molecule has 2 N–H and O–H groups in total. The second-order valence-corrected chi connectivity index (χ2v) is 5.56. The number of carboxylic acids is 1. The van der Waals surface area contributed by atoms with Gasteiger partial charge in [0.1, 0.15) is 5.76 Å². The lowest BCUT2D eigenvalue weighted by atomic mass is 9.94. The number of nitrogens with one attached hydrogen (secondary N) is 1. The van der Waals surface area contributed by atoms with Gasteiger partial charge in [0.05, 0.1) is 12.0 Å². The largest absolute Gasteiger partial charge is 0.481 e. The minimum Gasteiger partial charge on any atom is -0.481 e. The zero-order chi connectivity index (χ0) is 17.0. The Balaban J connectivity index is 2.26. The molecule has 0 bridgehead atoms. The molecule has 2 unspecified atom stereocenters. The van der Waals surface area contributed by atoms with Gasteiger partial charge in [0, 0.05) is 6.42 Å². The molecule has 0 fully saturated rings. The molecule has 2 rings (SSSR count). The summed E-state index contributed by atoms with van der Waals surface area (Å²) in [7, 11) is 0. The van der Waals surface area contributed by atoms with Crippen LogP contribution in [0.1, 0.15) is 47.3 Å². The van der Waals surface area contributed by atoms with E-state index < -0.39 is 23.8 Å². The van der Waals surface area contributed by atoms with Crippen LogP contribution in [0.3, 0.4) is 0 Å². The van der Waals surface area contributed by atoms with Crippen molar-refractivity contribution in [3.63, 3.8) is 0 Å². The molecule has 0 aliphatic carbocycles. The SMILES string of the molecule is CCc1oc(C(=O)NC(c2ccccc2)C(C)C(=O)O)cc1C. The summed E-state index contributed by atoms with van der Waals surface area (Å²) in [5.74, 6) is -1.17. The first kappa shape index (κ1) is 16.8. The van der Waals surface area contributed by atoms with E-state index in [2.05, 4.69) is 5.32 Å². The fourth-order valence-electron chi connectivity index (χ4n) is 2.50. The van der Waals surface area contributed by atoms with Gasteiger partial charge in [-0.25, -0.2) is 0 Å². The van der Waals surface area contributed by atoms with Crippen LogP contribution in [-0.4, -0.2) is 17.0 Å². The molecule has 1 aromatic carbocycles. The molecular weight excluding hydrogens is 294 g/mol. The second-order valence-electron chi connectivity index (χ2n) is 5.56. The Bertz CT molecular complexity index is 690. The molecule has 1 heterocycles. The number of rotatable bonds is 6. The van der Waals surface area contributed by atoms with Crippen molar-refractivity contribution in [1.29, 1.82) is 0 Å². The Labute approximate surface area is 135 Å². The zero-order valence-corrected chi connectivity index (χ0v) is 13.5. The van der Waals surface area contributed by atoms with Gasteiger partial charge in [-0.3, -0.25) is 9.59 Å². The number of carboxylic acid groups (broad SMARTS) is 1. The predicted molar refractivity (Wildman–Crippen MR) is 86.3 cm³/mol. The average molecular weight is 315 g/mol. The topological polar surface area (TPSA) is 79.5 Å². The van der Waals surface area contributed by atoms with Gasteiger partial charge in [-0.2, -0.15) is 0 Å². The number of aliphatic carboxylic acids is 1. The van der Waals surface area contributed by atoms with E-state index >= 15 is 0 Å². The smallest absolute Gasteiger partial charge is 0.308 e. The standard InChI is InChI=1S/C18H21NO4/c1-4-14-11(2)10-15(23-14)17(20)19-16(12(3)18(21)22)13-8-6-5-7-9-13/h5-10,12,16H,4H2,1-3H3,(H,19,20)(H,21,22). The molecule has 2 atom stereocenters. The molecule has 0 aliphatic heterocycles. The second kappa shape index (κ2) is 7.13. The number of carbonyl (C=O) groups excluding carboxylic acids is 1. The van der Waals surface area contributed by atoms with Gasteiger partial charge in [-0.05, 0) is 31.0 Å². The van der Waals surface area contributed by atoms with Crippen LogP contribution in [0.4, 0.5) is 0 Å². The van der Waals surface area contributed by atoms with Crippen LogP contribution in [0.2, 0.25) is 0 Å². The molecule has 23 heavy (non-hydrogen) atoms. The van der Waals surface area contributed by atoms with Gasteiger partial charge in [-0.15, -0.1) is 0 Å². The highest BCUT2D eigenvalue weighted by atomic mass is 16.4. The predicted octanol–water partition coefficient (Wildman–Crippen LogP) is 3.34. The lowest BCUT2D eigenvalue weighted by Crippen LogP contribution is -2.35. The first-order valence-corrected chi connectivity index (χ1v) is 7.62. The molecule has 5 heteroatoms. The van der Waals surface area contributed by atoms with Crippen molar-refractivity contribution < 1.29 is 19.1 Å². The van der Waals surface area contributed by atoms with Crippen molar-refractivity contribution in [2.45, 2.75) is 33.2 Å². The van der Waals surface area contributed by atoms with Gasteiger partial charge in [-0.1, -0.05) is 37.3 Å². The van der Waals surface area contributed by atoms with Gasteiger partial charge in [0.15, 0.2) is 5.76 Å². The van der Waals surface area contributed by atoms with Gasteiger partial charge >= 0.3 is 5.97 Å². The Morgan fingerprint density at radius 2 is 1.91 bits per heavy atom. The summed E-state index contributed by atoms with van der Waals surface area (Å²) < 4.78 is 5.54. The van der Waals surface area contributed by atoms with Crippen LogP contribution in [0, 0.1) is 12.8 Å². The highest BCUT2D eigenvalue weighted by Gasteiger charge is 2.28. The molecule has 1 amide bonds. The van der Waals surface area contributed by atoms with Crippen LogP contribution in [0.15, 0.2) is 40.8 Å². The molecule has 2 aromatic rings. The minimum absolute atomic E-state index is 0.206. The normalized spacial score (nSPS) is 13.3. The Morgan fingerprint density at radius 3 is 2.43 bits per heavy atom. The zero-order valence-electron chi connectivity index (χ0n) is 13.5. The van der Waals surface area contributed by atoms with Gasteiger partial charge < -0.3 is 14.8 Å². The van der Waals surface area contributed by atoms with Crippen molar-refractivity contribution in [2.24, 2.45) is 5.92 Å². The third kappa shape index (κ3) is 3.80. The number of hydrogen-bond acceptors (Lipinski definition) is 3. The van der Waals surface area contributed by atoms with Crippen molar-refractivity contribution in [2.75, 3.05) is 0 Å². The van der Waals surface area contributed by atoms with Crippen molar-refractivity contribution in [3.05, 3.63) is 59.0 Å². The van der Waals surface area contributed by atoms with E-state index in [0.717, 1.165) is 16.9 Å². The fraction of sp³-hybridized carbons (Fsp3) is 0.333. The monoisotopic (exact) mass is 315 g/mol. The van der Waals surface area contributed by atoms with E-state index in [1.54, 1.807) is 25.1 Å². The average Bonchev–Trinajstić information content (AvgIpc) is 2.93. The van der Waals surface area contributed by atoms with Crippen molar-refractivity contribution in [3.8, 4) is 0 Å². The van der Waals surface area contributed by atoms with Gasteiger partial charge in [0.25, 0.3) is 5.91 Å². The maximum Gasteiger partial charge on any atom is 0.308 e. The van der Waals surface area contributed by atoms with E-state index in [9.17, 15) is 14.7 Å². The summed E-state index contributed by atoms with van der Waals surface area (Å²) in [6, 6.07) is 10.1. The molecule has 0 aliphatic rings. The van der Waals surface area contributed by atoms with E-state index in [1.165, 1.54) is 0 Å². The molecular formula is C18H21NO4. The third-order valence-electron chi connectivity index (χ3n) is 3.90. The van der Waals surface area contributed by atoms with E-state index in [-0.39, 0.29) is 5.76 Å². The summed E-state index contributed by atoms with van der Waals surface area (Å²) in [6.45, 7) is 5.41. The Hall–Kier alpha value is -2.56. The molecule has 0 spiro atoms. The maximum absolute atomic E-state index is 12.4. The number of hydrogen-bond donors (Lipinski definition) is 2. The third-order valence-corrected chi connectivity index (χ3v) is 3.90. The number of amides is 1. The first-order chi connectivity index (χ1) is 10.9. The highest BCUT2D eigenvalue weighted by Crippen LogP contribution is 2.23. The van der Waals surface area contributed by atoms with E-state index in [0.29, 0.717) is 6.42 Å². The van der Waals surface area contributed by atoms with Crippen LogP contribution < -0.4 is 5.32 Å².